The van der Waals surface area contributed by atoms with Crippen LogP contribution in [0.1, 0.15) is 28.4 Å². The molecule has 1 atom stereocenters. The predicted octanol–water partition coefficient (Wildman–Crippen LogP) is 2.44. The Morgan fingerprint density at radius 2 is 1.65 bits per heavy atom. The standard InChI is InChI=1S/C18H19N3O5/c1-11-7-6-8-12(2)16(11)26-13(3)17(22)19-20-18(23)14-9-4-5-10-15(14)21(24)25/h4-10,13H,1-3H3,(H,19,22)(H,20,23)/t13-/m0/s1. The maximum atomic E-state index is 12.1. The van der Waals surface area contributed by atoms with E-state index in [-0.39, 0.29) is 11.3 Å². The molecular formula is C18H19N3O5. The first-order valence-electron chi connectivity index (χ1n) is 7.87. The minimum absolute atomic E-state index is 0.152. The van der Waals surface area contributed by atoms with Crippen LogP contribution in [0.4, 0.5) is 5.69 Å². The molecule has 2 aromatic carbocycles. The molecule has 0 bridgehead atoms. The van der Waals surface area contributed by atoms with Gasteiger partial charge < -0.3 is 4.74 Å². The predicted molar refractivity (Wildman–Crippen MR) is 94.7 cm³/mol. The molecule has 0 fully saturated rings. The fourth-order valence-electron chi connectivity index (χ4n) is 2.33. The maximum absolute atomic E-state index is 12.1. The Balaban J connectivity index is 2.00. The number of para-hydroxylation sites is 2. The number of nitrogens with one attached hydrogen (secondary N) is 2. The van der Waals surface area contributed by atoms with Crippen molar-refractivity contribution >= 4 is 17.5 Å². The first-order valence-corrected chi connectivity index (χ1v) is 7.87. The molecule has 0 spiro atoms. The summed E-state index contributed by atoms with van der Waals surface area (Å²) < 4.78 is 5.67. The first kappa shape index (κ1) is 18.9. The molecule has 2 N–H and O–H groups in total. The van der Waals surface area contributed by atoms with E-state index in [1.54, 1.807) is 6.92 Å². The Morgan fingerprint density at radius 1 is 1.04 bits per heavy atom. The number of nitro benzene ring substituents is 1. The second-order valence-corrected chi connectivity index (χ2v) is 5.70. The van der Waals surface area contributed by atoms with Crippen molar-refractivity contribution in [3.8, 4) is 5.75 Å². The van der Waals surface area contributed by atoms with E-state index >= 15 is 0 Å². The second-order valence-electron chi connectivity index (χ2n) is 5.70. The van der Waals surface area contributed by atoms with Crippen molar-refractivity contribution in [2.24, 2.45) is 0 Å². The third-order valence-corrected chi connectivity index (χ3v) is 3.72. The molecule has 0 aliphatic heterocycles. The number of ether oxygens (including phenoxy) is 1. The van der Waals surface area contributed by atoms with E-state index in [1.807, 2.05) is 32.0 Å². The molecule has 0 saturated carbocycles. The summed E-state index contributed by atoms with van der Waals surface area (Å²) in [6.07, 6.45) is -0.874. The van der Waals surface area contributed by atoms with Gasteiger partial charge in [-0.2, -0.15) is 0 Å². The van der Waals surface area contributed by atoms with Crippen molar-refractivity contribution in [1.82, 2.24) is 10.9 Å². The first-order chi connectivity index (χ1) is 12.3. The number of carbonyl (C=O) groups is 2. The van der Waals surface area contributed by atoms with E-state index in [0.717, 1.165) is 11.1 Å². The Morgan fingerprint density at radius 3 is 2.27 bits per heavy atom. The second kappa shape index (κ2) is 8.11. The number of carbonyl (C=O) groups excluding carboxylic acids is 2. The summed E-state index contributed by atoms with van der Waals surface area (Å²) in [7, 11) is 0. The van der Waals surface area contributed by atoms with E-state index in [9.17, 15) is 19.7 Å². The largest absolute Gasteiger partial charge is 0.480 e. The highest BCUT2D eigenvalue weighted by Crippen LogP contribution is 2.23. The van der Waals surface area contributed by atoms with Crippen LogP contribution in [0.3, 0.4) is 0 Å². The molecule has 0 radical (unpaired) electrons. The van der Waals surface area contributed by atoms with E-state index in [0.29, 0.717) is 5.75 Å². The lowest BCUT2D eigenvalue weighted by molar-refractivity contribution is -0.385. The highest BCUT2D eigenvalue weighted by atomic mass is 16.6. The van der Waals surface area contributed by atoms with Crippen molar-refractivity contribution in [3.63, 3.8) is 0 Å². The van der Waals surface area contributed by atoms with Gasteiger partial charge in [-0.1, -0.05) is 30.3 Å². The van der Waals surface area contributed by atoms with Gasteiger partial charge in [-0.3, -0.25) is 30.6 Å². The Labute approximate surface area is 150 Å². The number of benzene rings is 2. The SMILES string of the molecule is Cc1cccc(C)c1O[C@@H](C)C(=O)NNC(=O)c1ccccc1[N+](=O)[O-]. The molecule has 8 nitrogen and oxygen atoms in total. The van der Waals surface area contributed by atoms with Crippen molar-refractivity contribution in [2.75, 3.05) is 0 Å². The summed E-state index contributed by atoms with van der Waals surface area (Å²) in [5.41, 5.74) is 5.65. The molecule has 0 aliphatic rings. The zero-order valence-corrected chi connectivity index (χ0v) is 14.6. The quantitative estimate of drug-likeness (QED) is 0.631. The Bertz CT molecular complexity index is 830. The number of hydrazine groups is 1. The Kier molecular flexibility index (Phi) is 5.90. The van der Waals surface area contributed by atoms with Crippen LogP contribution in [-0.2, 0) is 4.79 Å². The molecule has 0 aliphatic carbocycles. The van der Waals surface area contributed by atoms with E-state index < -0.39 is 22.8 Å². The number of hydrogen-bond acceptors (Lipinski definition) is 5. The van der Waals surface area contributed by atoms with Gasteiger partial charge in [0.05, 0.1) is 4.92 Å². The lowest BCUT2D eigenvalue weighted by Gasteiger charge is -2.18. The fraction of sp³-hybridized carbons (Fsp3) is 0.222. The van der Waals surface area contributed by atoms with Crippen LogP contribution in [0.2, 0.25) is 0 Å². The van der Waals surface area contributed by atoms with Gasteiger partial charge in [-0.05, 0) is 38.0 Å². The van der Waals surface area contributed by atoms with Crippen LogP contribution in [0.5, 0.6) is 5.75 Å². The van der Waals surface area contributed by atoms with Gasteiger partial charge in [-0.25, -0.2) is 0 Å². The van der Waals surface area contributed by atoms with Crippen LogP contribution in [0.15, 0.2) is 42.5 Å². The molecule has 0 heterocycles. The number of nitro groups is 1. The van der Waals surface area contributed by atoms with E-state index in [2.05, 4.69) is 10.9 Å². The zero-order valence-electron chi connectivity index (χ0n) is 14.6. The van der Waals surface area contributed by atoms with Gasteiger partial charge in [0.1, 0.15) is 11.3 Å². The van der Waals surface area contributed by atoms with Crippen molar-refractivity contribution in [2.45, 2.75) is 26.9 Å². The van der Waals surface area contributed by atoms with Crippen LogP contribution >= 0.6 is 0 Å². The minimum Gasteiger partial charge on any atom is -0.480 e. The topological polar surface area (TPSA) is 111 Å². The third-order valence-electron chi connectivity index (χ3n) is 3.72. The molecule has 2 rings (SSSR count). The number of hydrogen-bond donors (Lipinski definition) is 2. The summed E-state index contributed by atoms with van der Waals surface area (Å²) in [4.78, 5) is 34.5. The van der Waals surface area contributed by atoms with E-state index in [4.69, 9.17) is 4.74 Å². The zero-order chi connectivity index (χ0) is 19.3. The van der Waals surface area contributed by atoms with Crippen molar-refractivity contribution in [1.29, 1.82) is 0 Å². The van der Waals surface area contributed by atoms with Crippen LogP contribution in [0.25, 0.3) is 0 Å². The molecule has 136 valence electrons. The molecule has 0 saturated heterocycles. The molecule has 2 aromatic rings. The van der Waals surface area contributed by atoms with Crippen molar-refractivity contribution in [3.05, 3.63) is 69.3 Å². The van der Waals surface area contributed by atoms with Gasteiger partial charge >= 0.3 is 0 Å². The molecule has 0 unspecified atom stereocenters. The van der Waals surface area contributed by atoms with Crippen LogP contribution in [-0.4, -0.2) is 22.8 Å². The third kappa shape index (κ3) is 4.35. The van der Waals surface area contributed by atoms with Crippen molar-refractivity contribution < 1.29 is 19.2 Å². The number of rotatable bonds is 5. The minimum atomic E-state index is -0.874. The number of amides is 2. The smallest absolute Gasteiger partial charge is 0.282 e. The highest BCUT2D eigenvalue weighted by molar-refractivity contribution is 5.99. The lowest BCUT2D eigenvalue weighted by Crippen LogP contribution is -2.47. The summed E-state index contributed by atoms with van der Waals surface area (Å²) in [5, 5.41) is 11.0. The Hall–Kier alpha value is -3.42. The molecule has 26 heavy (non-hydrogen) atoms. The summed E-state index contributed by atoms with van der Waals surface area (Å²) in [6, 6.07) is 11.1. The van der Waals surface area contributed by atoms with Crippen LogP contribution < -0.4 is 15.6 Å². The maximum Gasteiger partial charge on any atom is 0.282 e. The summed E-state index contributed by atoms with van der Waals surface area (Å²) >= 11 is 0. The normalized spacial score (nSPS) is 11.3. The molecular weight excluding hydrogens is 338 g/mol. The lowest BCUT2D eigenvalue weighted by atomic mass is 10.1. The monoisotopic (exact) mass is 357 g/mol. The summed E-state index contributed by atoms with van der Waals surface area (Å²) in [5.74, 6) is -0.773. The average molecular weight is 357 g/mol. The molecule has 2 amide bonds. The molecule has 8 heteroatoms. The average Bonchev–Trinajstić information content (AvgIpc) is 2.62. The van der Waals surface area contributed by atoms with Crippen LogP contribution in [0, 0.1) is 24.0 Å². The molecule has 0 aromatic heterocycles. The number of nitrogens with zero attached hydrogens (tertiary/aromatic N) is 1. The highest BCUT2D eigenvalue weighted by Gasteiger charge is 2.21. The van der Waals surface area contributed by atoms with Gasteiger partial charge in [-0.15, -0.1) is 0 Å². The van der Waals surface area contributed by atoms with Gasteiger partial charge in [0.25, 0.3) is 17.5 Å². The van der Waals surface area contributed by atoms with Gasteiger partial charge in [0.15, 0.2) is 6.10 Å². The van der Waals surface area contributed by atoms with Gasteiger partial charge in [0.2, 0.25) is 0 Å². The number of aryl methyl sites for hydroxylation is 2. The van der Waals surface area contributed by atoms with Gasteiger partial charge in [0, 0.05) is 6.07 Å². The van der Waals surface area contributed by atoms with E-state index in [1.165, 1.54) is 24.3 Å². The summed E-state index contributed by atoms with van der Waals surface area (Å²) in [6.45, 7) is 5.27. The fourth-order valence-corrected chi connectivity index (χ4v) is 2.33.